The number of rotatable bonds is 10. The standard InChI is InChI=1S/C26H31F4N5O4/c1-26(29,30)5-10-38-24-22(15-32-35(25(24)36)20-13-18(27)12-19(28)14-20)33-6-8-34(9-7-33)39-16-17-3-4-21(31)23(11-17)37-2/h3-4,11-14,32H,5-10,15-16,31H2,1-2H3. The van der Waals surface area contributed by atoms with Crippen molar-refractivity contribution in [3.05, 3.63) is 65.1 Å². The summed E-state index contributed by atoms with van der Waals surface area (Å²) in [6.07, 6.45) is -0.601. The van der Waals surface area contributed by atoms with Gasteiger partial charge in [-0.05, 0) is 36.8 Å². The maximum atomic E-state index is 13.8. The van der Waals surface area contributed by atoms with Crippen LogP contribution >= 0.6 is 0 Å². The molecular formula is C26H31F4N5O4. The Bertz CT molecular complexity index is 1200. The van der Waals surface area contributed by atoms with Crippen LogP contribution in [0.5, 0.6) is 5.75 Å². The third kappa shape index (κ3) is 7.31. The molecule has 2 aromatic carbocycles. The lowest BCUT2D eigenvalue weighted by Crippen LogP contribution is -2.54. The molecule has 2 aliphatic heterocycles. The molecular weight excluding hydrogens is 522 g/mol. The van der Waals surface area contributed by atoms with E-state index in [0.29, 0.717) is 56.0 Å². The minimum absolute atomic E-state index is 0.0732. The smallest absolute Gasteiger partial charge is 0.309 e. The first-order chi connectivity index (χ1) is 18.5. The van der Waals surface area contributed by atoms with Gasteiger partial charge < -0.3 is 20.1 Å². The highest BCUT2D eigenvalue weighted by atomic mass is 19.3. The predicted octanol–water partition coefficient (Wildman–Crippen LogP) is 3.43. The van der Waals surface area contributed by atoms with Crippen molar-refractivity contribution in [2.75, 3.05) is 57.2 Å². The Morgan fingerprint density at radius 3 is 2.38 bits per heavy atom. The number of nitrogens with one attached hydrogen (secondary N) is 1. The number of methoxy groups -OCH3 is 1. The van der Waals surface area contributed by atoms with Crippen LogP contribution in [0.25, 0.3) is 0 Å². The van der Waals surface area contributed by atoms with Crippen LogP contribution in [0.2, 0.25) is 0 Å². The Hall–Kier alpha value is -3.55. The van der Waals surface area contributed by atoms with E-state index in [1.807, 2.05) is 11.0 Å². The van der Waals surface area contributed by atoms with Crippen molar-refractivity contribution in [1.82, 2.24) is 15.4 Å². The first-order valence-corrected chi connectivity index (χ1v) is 12.4. The van der Waals surface area contributed by atoms with Crippen molar-refractivity contribution in [2.24, 2.45) is 0 Å². The van der Waals surface area contributed by atoms with Gasteiger partial charge in [-0.25, -0.2) is 28.0 Å². The van der Waals surface area contributed by atoms with E-state index >= 15 is 0 Å². The predicted molar refractivity (Wildman–Crippen MR) is 135 cm³/mol. The summed E-state index contributed by atoms with van der Waals surface area (Å²) in [5, 5.41) is 2.74. The minimum Gasteiger partial charge on any atom is -0.495 e. The molecule has 0 aromatic heterocycles. The summed E-state index contributed by atoms with van der Waals surface area (Å²) in [7, 11) is 1.54. The van der Waals surface area contributed by atoms with Crippen LogP contribution in [0.15, 0.2) is 47.9 Å². The maximum Gasteiger partial charge on any atom is 0.309 e. The zero-order valence-corrected chi connectivity index (χ0v) is 21.7. The Morgan fingerprint density at radius 1 is 1.05 bits per heavy atom. The van der Waals surface area contributed by atoms with E-state index in [-0.39, 0.29) is 18.0 Å². The SMILES string of the molecule is COc1cc(CON2CCN(C3=C(OCCC(C)(F)F)C(=O)N(c4cc(F)cc(F)c4)NC3)CC2)ccc1N. The first kappa shape index (κ1) is 28.5. The van der Waals surface area contributed by atoms with E-state index in [1.165, 1.54) is 7.11 Å². The molecule has 212 valence electrons. The highest BCUT2D eigenvalue weighted by Crippen LogP contribution is 2.27. The molecule has 0 bridgehead atoms. The molecule has 0 unspecified atom stereocenters. The molecule has 9 nitrogen and oxygen atoms in total. The summed E-state index contributed by atoms with van der Waals surface area (Å²) < 4.78 is 65.3. The van der Waals surface area contributed by atoms with Crippen LogP contribution in [0, 0.1) is 11.6 Å². The van der Waals surface area contributed by atoms with Crippen molar-refractivity contribution >= 4 is 17.3 Å². The van der Waals surface area contributed by atoms with Crippen LogP contribution < -0.4 is 20.9 Å². The number of hydroxylamine groups is 2. The van der Waals surface area contributed by atoms with Gasteiger partial charge in [0.05, 0.1) is 43.9 Å². The summed E-state index contributed by atoms with van der Waals surface area (Å²) >= 11 is 0. The Labute approximate surface area is 223 Å². The van der Waals surface area contributed by atoms with Crippen molar-refractivity contribution in [3.8, 4) is 5.75 Å². The number of nitrogen functional groups attached to an aromatic ring is 1. The van der Waals surface area contributed by atoms with E-state index in [0.717, 1.165) is 29.6 Å². The molecule has 39 heavy (non-hydrogen) atoms. The van der Waals surface area contributed by atoms with Crippen molar-refractivity contribution in [1.29, 1.82) is 0 Å². The number of ether oxygens (including phenoxy) is 2. The average Bonchev–Trinajstić information content (AvgIpc) is 2.88. The van der Waals surface area contributed by atoms with Gasteiger partial charge in [0.25, 0.3) is 0 Å². The molecule has 0 saturated carbocycles. The Kier molecular flexibility index (Phi) is 8.83. The summed E-state index contributed by atoms with van der Waals surface area (Å²) in [4.78, 5) is 21.1. The number of nitrogens with two attached hydrogens (primary N) is 1. The number of carbonyl (C=O) groups is 1. The number of piperazine rings is 1. The van der Waals surface area contributed by atoms with Crippen LogP contribution in [0.4, 0.5) is 28.9 Å². The van der Waals surface area contributed by atoms with Crippen LogP contribution in [0.3, 0.4) is 0 Å². The molecule has 1 saturated heterocycles. The molecule has 2 aromatic rings. The number of hydrazine groups is 1. The van der Waals surface area contributed by atoms with Crippen LogP contribution in [0.1, 0.15) is 18.9 Å². The number of hydrogen-bond acceptors (Lipinski definition) is 8. The fourth-order valence-electron chi connectivity index (χ4n) is 4.24. The first-order valence-electron chi connectivity index (χ1n) is 12.4. The van der Waals surface area contributed by atoms with Gasteiger partial charge in [-0.1, -0.05) is 6.07 Å². The van der Waals surface area contributed by atoms with Crippen molar-refractivity contribution in [3.63, 3.8) is 0 Å². The zero-order valence-electron chi connectivity index (χ0n) is 21.7. The Morgan fingerprint density at radius 2 is 1.74 bits per heavy atom. The van der Waals surface area contributed by atoms with Gasteiger partial charge in [0.2, 0.25) is 11.7 Å². The monoisotopic (exact) mass is 553 g/mol. The zero-order chi connectivity index (χ0) is 28.2. The van der Waals surface area contributed by atoms with Gasteiger partial charge in [0, 0.05) is 38.7 Å². The summed E-state index contributed by atoms with van der Waals surface area (Å²) in [6.45, 7) is 2.63. The lowest BCUT2D eigenvalue weighted by atomic mass is 10.2. The summed E-state index contributed by atoms with van der Waals surface area (Å²) in [6, 6.07) is 8.05. The Balaban J connectivity index is 1.45. The number of benzene rings is 2. The second kappa shape index (κ2) is 12.1. The topological polar surface area (TPSA) is 92.5 Å². The molecule has 1 fully saturated rings. The number of hydrogen-bond donors (Lipinski definition) is 2. The number of halogens is 4. The fourth-order valence-corrected chi connectivity index (χ4v) is 4.24. The van der Waals surface area contributed by atoms with Gasteiger partial charge in [-0.3, -0.25) is 9.63 Å². The van der Waals surface area contributed by atoms with E-state index in [2.05, 4.69) is 5.43 Å². The van der Waals surface area contributed by atoms with E-state index in [9.17, 15) is 22.4 Å². The van der Waals surface area contributed by atoms with Crippen LogP contribution in [-0.4, -0.2) is 68.2 Å². The molecule has 0 spiro atoms. The number of amides is 1. The molecule has 0 aliphatic carbocycles. The fraction of sp³-hybridized carbons (Fsp3) is 0.423. The molecule has 13 heteroatoms. The largest absolute Gasteiger partial charge is 0.495 e. The van der Waals surface area contributed by atoms with Gasteiger partial charge >= 0.3 is 5.91 Å². The number of alkyl halides is 2. The van der Waals surface area contributed by atoms with Crippen molar-refractivity contribution < 1.29 is 36.7 Å². The molecule has 3 N–H and O–H groups in total. The van der Waals surface area contributed by atoms with Gasteiger partial charge in [0.1, 0.15) is 17.4 Å². The van der Waals surface area contributed by atoms with Gasteiger partial charge in [-0.2, -0.15) is 5.06 Å². The van der Waals surface area contributed by atoms with Crippen LogP contribution in [-0.2, 0) is 21.0 Å². The molecule has 2 aliphatic rings. The maximum absolute atomic E-state index is 13.8. The quantitative estimate of drug-likeness (QED) is 0.342. The lowest BCUT2D eigenvalue weighted by molar-refractivity contribution is -0.184. The highest BCUT2D eigenvalue weighted by Gasteiger charge is 2.35. The molecule has 4 rings (SSSR count). The highest BCUT2D eigenvalue weighted by molar-refractivity contribution is 6.04. The number of nitrogens with zero attached hydrogens (tertiary/aromatic N) is 3. The van der Waals surface area contributed by atoms with Gasteiger partial charge in [0.15, 0.2) is 0 Å². The summed E-state index contributed by atoms with van der Waals surface area (Å²) in [5.74, 6) is -5.04. The number of carbonyl (C=O) groups excluding carboxylic acids is 1. The molecule has 0 radical (unpaired) electrons. The summed E-state index contributed by atoms with van der Waals surface area (Å²) in [5.41, 5.74) is 10.5. The van der Waals surface area contributed by atoms with Gasteiger partial charge in [-0.15, -0.1) is 0 Å². The van der Waals surface area contributed by atoms with E-state index in [1.54, 1.807) is 17.2 Å². The molecule has 2 heterocycles. The third-order valence-corrected chi connectivity index (χ3v) is 6.29. The van der Waals surface area contributed by atoms with Crippen molar-refractivity contribution in [2.45, 2.75) is 25.9 Å². The minimum atomic E-state index is -2.99. The van der Waals surface area contributed by atoms with E-state index in [4.69, 9.17) is 20.0 Å². The lowest BCUT2D eigenvalue weighted by Gasteiger charge is -2.40. The normalized spacial score (nSPS) is 17.1. The van der Waals surface area contributed by atoms with E-state index < -0.39 is 36.5 Å². The third-order valence-electron chi connectivity index (χ3n) is 6.29. The second-order valence-electron chi connectivity index (χ2n) is 9.31. The number of anilines is 2. The molecule has 1 amide bonds. The second-order valence-corrected chi connectivity index (χ2v) is 9.31. The average molecular weight is 554 g/mol. The molecule has 0 atom stereocenters.